The van der Waals surface area contributed by atoms with Crippen LogP contribution in [0.2, 0.25) is 0 Å². The van der Waals surface area contributed by atoms with Gasteiger partial charge in [0.25, 0.3) is 5.91 Å². The van der Waals surface area contributed by atoms with E-state index in [1.165, 1.54) is 16.2 Å². The molecule has 198 valence electrons. The van der Waals surface area contributed by atoms with Gasteiger partial charge >= 0.3 is 0 Å². The van der Waals surface area contributed by atoms with Gasteiger partial charge in [-0.2, -0.15) is 0 Å². The third kappa shape index (κ3) is 4.78. The van der Waals surface area contributed by atoms with Crippen LogP contribution in [0, 0.1) is 0 Å². The molecule has 2 aromatic carbocycles. The van der Waals surface area contributed by atoms with Gasteiger partial charge in [-0.15, -0.1) is 10.2 Å². The number of ether oxygens (including phenoxy) is 2. The lowest BCUT2D eigenvalue weighted by atomic mass is 9.98. The molecule has 4 aromatic rings. The highest BCUT2D eigenvalue weighted by Gasteiger charge is 2.45. The number of unbranched alkanes of at least 4 members (excludes halogenated alkanes) is 2. The Morgan fingerprint density at radius 2 is 1.82 bits per heavy atom. The second-order valence-corrected chi connectivity index (χ2v) is 10.2. The number of nitrogens with zero attached hydrogens (tertiary/aromatic N) is 3. The van der Waals surface area contributed by atoms with Crippen molar-refractivity contribution in [2.45, 2.75) is 58.9 Å². The zero-order chi connectivity index (χ0) is 26.6. The Balaban J connectivity index is 1.64. The number of aryl methyl sites for hydroxylation is 1. The zero-order valence-electron chi connectivity index (χ0n) is 21.9. The summed E-state index contributed by atoms with van der Waals surface area (Å²) in [7, 11) is 0. The van der Waals surface area contributed by atoms with Crippen LogP contribution in [-0.4, -0.2) is 29.3 Å². The summed E-state index contributed by atoms with van der Waals surface area (Å²) < 4.78 is 18.0. The van der Waals surface area contributed by atoms with Crippen molar-refractivity contribution in [1.29, 1.82) is 0 Å². The van der Waals surface area contributed by atoms with Crippen molar-refractivity contribution < 1.29 is 18.7 Å². The molecule has 1 aliphatic heterocycles. The summed E-state index contributed by atoms with van der Waals surface area (Å²) in [5.41, 5.74) is 1.13. The van der Waals surface area contributed by atoms with Crippen LogP contribution in [0.5, 0.6) is 11.5 Å². The lowest BCUT2D eigenvalue weighted by molar-refractivity contribution is 0.0970. The number of amides is 1. The summed E-state index contributed by atoms with van der Waals surface area (Å²) in [4.78, 5) is 29.1. The van der Waals surface area contributed by atoms with Crippen LogP contribution in [0.15, 0.2) is 51.7 Å². The first-order valence-corrected chi connectivity index (χ1v) is 14.0. The molecule has 0 bridgehead atoms. The standard InChI is InChI=1S/C29H31N3O5S/c1-4-7-10-16-36-21-15-14-18(17-22(21)35-6-3)25-24-26(33)19-12-8-9-13-20(19)37-27(24)28(34)32(25)29-31-30-23(38-29)11-5-2/h8-9,12-15,17,25H,4-7,10-11,16H2,1-3H3. The van der Waals surface area contributed by atoms with Crippen LogP contribution in [0.1, 0.15) is 79.2 Å². The van der Waals surface area contributed by atoms with E-state index in [1.54, 1.807) is 24.3 Å². The molecular weight excluding hydrogens is 502 g/mol. The SMILES string of the molecule is CCCCCOc1ccc(C2c3c(oc4ccccc4c3=O)C(=O)N2c2nnc(CCC)s2)cc1OCC. The molecule has 0 radical (unpaired) electrons. The molecule has 9 heteroatoms. The third-order valence-corrected chi connectivity index (χ3v) is 7.47. The minimum atomic E-state index is -0.742. The second kappa shape index (κ2) is 11.3. The molecule has 0 N–H and O–H groups in total. The molecule has 0 saturated carbocycles. The summed E-state index contributed by atoms with van der Waals surface area (Å²) in [6.07, 6.45) is 4.82. The molecule has 8 nitrogen and oxygen atoms in total. The molecule has 1 aliphatic rings. The van der Waals surface area contributed by atoms with E-state index in [0.29, 0.717) is 51.9 Å². The monoisotopic (exact) mass is 533 g/mol. The number of carbonyl (C=O) groups excluding carboxylic acids is 1. The number of rotatable bonds is 11. The van der Waals surface area contributed by atoms with E-state index in [1.807, 2.05) is 25.1 Å². The van der Waals surface area contributed by atoms with Crippen LogP contribution >= 0.6 is 11.3 Å². The van der Waals surface area contributed by atoms with Crippen LogP contribution in [-0.2, 0) is 6.42 Å². The molecule has 3 heterocycles. The van der Waals surface area contributed by atoms with Gasteiger partial charge in [-0.1, -0.05) is 56.2 Å². The lowest BCUT2D eigenvalue weighted by Crippen LogP contribution is -2.29. The highest BCUT2D eigenvalue weighted by atomic mass is 32.1. The summed E-state index contributed by atoms with van der Waals surface area (Å²) in [5, 5.41) is 10.3. The van der Waals surface area contributed by atoms with Gasteiger partial charge in [0.2, 0.25) is 10.9 Å². The molecule has 0 saturated heterocycles. The van der Waals surface area contributed by atoms with Gasteiger partial charge in [-0.05, 0) is 49.6 Å². The van der Waals surface area contributed by atoms with Crippen LogP contribution in [0.3, 0.4) is 0 Å². The molecule has 0 aliphatic carbocycles. The predicted molar refractivity (Wildman–Crippen MR) is 148 cm³/mol. The molecule has 1 unspecified atom stereocenters. The van der Waals surface area contributed by atoms with E-state index in [4.69, 9.17) is 13.9 Å². The van der Waals surface area contributed by atoms with Crippen LogP contribution in [0.4, 0.5) is 5.13 Å². The van der Waals surface area contributed by atoms with Gasteiger partial charge in [0.05, 0.1) is 30.2 Å². The fourth-order valence-corrected chi connectivity index (χ4v) is 5.67. The maximum Gasteiger partial charge on any atom is 0.297 e. The van der Waals surface area contributed by atoms with E-state index in [-0.39, 0.29) is 11.2 Å². The van der Waals surface area contributed by atoms with Gasteiger partial charge < -0.3 is 13.9 Å². The van der Waals surface area contributed by atoms with Crippen molar-refractivity contribution in [2.24, 2.45) is 0 Å². The summed E-state index contributed by atoms with van der Waals surface area (Å²) in [6.45, 7) is 7.16. The van der Waals surface area contributed by atoms with E-state index in [9.17, 15) is 9.59 Å². The molecule has 38 heavy (non-hydrogen) atoms. The van der Waals surface area contributed by atoms with Gasteiger partial charge in [0.1, 0.15) is 10.6 Å². The number of carbonyl (C=O) groups is 1. The summed E-state index contributed by atoms with van der Waals surface area (Å²) in [5.74, 6) is 0.819. The largest absolute Gasteiger partial charge is 0.490 e. The number of aromatic nitrogens is 2. The van der Waals surface area contributed by atoms with E-state index in [2.05, 4.69) is 24.0 Å². The highest BCUT2D eigenvalue weighted by Crippen LogP contribution is 2.44. The fraction of sp³-hybridized carbons (Fsp3) is 0.379. The Bertz CT molecular complexity index is 1510. The van der Waals surface area contributed by atoms with Crippen molar-refractivity contribution in [3.8, 4) is 11.5 Å². The van der Waals surface area contributed by atoms with Crippen molar-refractivity contribution >= 4 is 33.3 Å². The molecule has 2 aromatic heterocycles. The Hall–Kier alpha value is -3.72. The lowest BCUT2D eigenvalue weighted by Gasteiger charge is -2.23. The first-order valence-electron chi connectivity index (χ1n) is 13.2. The quantitative estimate of drug-likeness (QED) is 0.208. The molecule has 5 rings (SSSR count). The number of benzene rings is 2. The highest BCUT2D eigenvalue weighted by molar-refractivity contribution is 7.15. The molecule has 0 fully saturated rings. The van der Waals surface area contributed by atoms with Gasteiger partial charge in [-0.25, -0.2) is 0 Å². The third-order valence-electron chi connectivity index (χ3n) is 6.49. The number of anilines is 1. The molecule has 1 amide bonds. The summed E-state index contributed by atoms with van der Waals surface area (Å²) in [6, 6.07) is 11.8. The average molecular weight is 534 g/mol. The second-order valence-electron chi connectivity index (χ2n) is 9.17. The maximum atomic E-state index is 13.8. The van der Waals surface area contributed by atoms with E-state index in [0.717, 1.165) is 37.1 Å². The number of para-hydroxylation sites is 1. The molecule has 1 atom stereocenters. The van der Waals surface area contributed by atoms with Gasteiger partial charge in [0.15, 0.2) is 16.9 Å². The Morgan fingerprint density at radius 1 is 0.974 bits per heavy atom. The maximum absolute atomic E-state index is 13.8. The smallest absolute Gasteiger partial charge is 0.297 e. The minimum Gasteiger partial charge on any atom is -0.490 e. The van der Waals surface area contributed by atoms with Crippen molar-refractivity contribution in [1.82, 2.24) is 10.2 Å². The Labute approximate surface area is 225 Å². The molecule has 0 spiro atoms. The van der Waals surface area contributed by atoms with E-state index < -0.39 is 11.9 Å². The summed E-state index contributed by atoms with van der Waals surface area (Å²) >= 11 is 1.35. The topological polar surface area (TPSA) is 94.8 Å². The Morgan fingerprint density at radius 3 is 2.61 bits per heavy atom. The van der Waals surface area contributed by atoms with Crippen molar-refractivity contribution in [2.75, 3.05) is 18.1 Å². The molecular formula is C29H31N3O5S. The average Bonchev–Trinajstić information content (AvgIpc) is 3.50. The fourth-order valence-electron chi connectivity index (χ4n) is 4.71. The number of hydrogen-bond donors (Lipinski definition) is 0. The van der Waals surface area contributed by atoms with Crippen LogP contribution in [0.25, 0.3) is 11.0 Å². The van der Waals surface area contributed by atoms with Gasteiger partial charge in [-0.3, -0.25) is 14.5 Å². The normalized spacial score (nSPS) is 14.8. The van der Waals surface area contributed by atoms with Gasteiger partial charge in [0, 0.05) is 6.42 Å². The predicted octanol–water partition coefficient (Wildman–Crippen LogP) is 6.31. The number of fused-ring (bicyclic) bond motifs is 2. The van der Waals surface area contributed by atoms with Crippen molar-refractivity contribution in [3.63, 3.8) is 0 Å². The first kappa shape index (κ1) is 25.9. The van der Waals surface area contributed by atoms with Crippen molar-refractivity contribution in [3.05, 3.63) is 74.6 Å². The first-order chi connectivity index (χ1) is 18.6. The van der Waals surface area contributed by atoms with E-state index >= 15 is 0 Å². The minimum absolute atomic E-state index is 0.0313. The zero-order valence-corrected chi connectivity index (χ0v) is 22.7. The number of hydrogen-bond acceptors (Lipinski definition) is 8. The van der Waals surface area contributed by atoms with Crippen LogP contribution < -0.4 is 19.8 Å². The Kier molecular flexibility index (Phi) is 7.74.